The van der Waals surface area contributed by atoms with Crippen molar-refractivity contribution in [2.45, 2.75) is 114 Å². The van der Waals surface area contributed by atoms with E-state index in [1.807, 2.05) is 0 Å². The van der Waals surface area contributed by atoms with E-state index in [9.17, 15) is 0 Å². The van der Waals surface area contributed by atoms with Crippen molar-refractivity contribution in [2.75, 3.05) is 0 Å². The van der Waals surface area contributed by atoms with Crippen LogP contribution in [0.25, 0.3) is 0 Å². The van der Waals surface area contributed by atoms with Crippen LogP contribution in [0.2, 0.25) is 6.04 Å². The lowest BCUT2D eigenvalue weighted by Gasteiger charge is -2.04. The molecule has 0 aliphatic carbocycles. The second-order valence-electron chi connectivity index (χ2n) is 6.23. The summed E-state index contributed by atoms with van der Waals surface area (Å²) < 4.78 is 0. The summed E-state index contributed by atoms with van der Waals surface area (Å²) in [4.78, 5) is -0.158. The Morgan fingerprint density at radius 1 is 0.476 bits per heavy atom. The molecule has 0 saturated heterocycles. The molecule has 0 heterocycles. The highest BCUT2D eigenvalue weighted by atomic mass is 35.5. The standard InChI is InChI=1S/C18H35Cl2Si/c19-18(20)16-14-12-10-8-6-4-2-1-3-5-7-9-11-13-15-17-21/h18H,1-17H2. The Bertz CT molecular complexity index is 186. The van der Waals surface area contributed by atoms with Gasteiger partial charge in [0.15, 0.2) is 0 Å². The van der Waals surface area contributed by atoms with E-state index >= 15 is 0 Å². The van der Waals surface area contributed by atoms with E-state index in [-0.39, 0.29) is 4.84 Å². The maximum atomic E-state index is 5.71. The molecule has 0 aliphatic rings. The fourth-order valence-corrected chi connectivity index (χ4v) is 3.28. The quantitative estimate of drug-likeness (QED) is 0.144. The molecule has 21 heavy (non-hydrogen) atoms. The van der Waals surface area contributed by atoms with E-state index in [0.717, 1.165) is 6.42 Å². The lowest BCUT2D eigenvalue weighted by molar-refractivity contribution is 0.531. The molecule has 0 amide bonds. The van der Waals surface area contributed by atoms with Gasteiger partial charge in [-0.1, -0.05) is 102 Å². The molecule has 0 N–H and O–H groups in total. The van der Waals surface area contributed by atoms with E-state index < -0.39 is 0 Å². The van der Waals surface area contributed by atoms with Gasteiger partial charge >= 0.3 is 0 Å². The van der Waals surface area contributed by atoms with Gasteiger partial charge < -0.3 is 0 Å². The van der Waals surface area contributed by atoms with E-state index in [2.05, 4.69) is 10.2 Å². The lowest BCUT2D eigenvalue weighted by atomic mass is 10.0. The maximum absolute atomic E-state index is 5.71. The molecule has 0 bridgehead atoms. The molecule has 125 valence electrons. The zero-order valence-electron chi connectivity index (χ0n) is 13.9. The van der Waals surface area contributed by atoms with Crippen LogP contribution >= 0.6 is 23.2 Å². The Kier molecular flexibility index (Phi) is 19.6. The average Bonchev–Trinajstić information content (AvgIpc) is 2.46. The first-order valence-corrected chi connectivity index (χ1v) is 10.8. The minimum atomic E-state index is -0.158. The van der Waals surface area contributed by atoms with Crippen LogP contribution in [0.3, 0.4) is 0 Å². The van der Waals surface area contributed by atoms with Crippen LogP contribution in [0.5, 0.6) is 0 Å². The van der Waals surface area contributed by atoms with Gasteiger partial charge in [0.05, 0.1) is 0 Å². The third-order valence-electron chi connectivity index (χ3n) is 4.10. The summed E-state index contributed by atoms with van der Waals surface area (Å²) in [5.41, 5.74) is 0. The maximum Gasteiger partial charge on any atom is 0.107 e. The normalized spacial score (nSPS) is 11.4. The summed E-state index contributed by atoms with van der Waals surface area (Å²) in [6, 6.07) is 1.17. The van der Waals surface area contributed by atoms with Gasteiger partial charge in [0.1, 0.15) is 4.84 Å². The molecule has 0 spiro atoms. The van der Waals surface area contributed by atoms with Crippen molar-refractivity contribution in [1.29, 1.82) is 0 Å². The van der Waals surface area contributed by atoms with Gasteiger partial charge in [0, 0.05) is 10.2 Å². The van der Waals surface area contributed by atoms with Gasteiger partial charge in [-0.05, 0) is 6.42 Å². The Morgan fingerprint density at radius 2 is 0.762 bits per heavy atom. The zero-order chi connectivity index (χ0) is 15.6. The van der Waals surface area contributed by atoms with Crippen LogP contribution in [0.4, 0.5) is 0 Å². The summed E-state index contributed by atoms with van der Waals surface area (Å²) in [6.45, 7) is 0. The Balaban J connectivity index is 2.93. The number of hydrogen-bond donors (Lipinski definition) is 0. The SMILES string of the molecule is [Si]CCCCCCCCCCCCCCCCCC(Cl)Cl. The molecule has 0 rings (SSSR count). The van der Waals surface area contributed by atoms with Gasteiger partial charge in [-0.2, -0.15) is 0 Å². The van der Waals surface area contributed by atoms with Crippen molar-refractivity contribution < 1.29 is 0 Å². The molecule has 0 nitrogen and oxygen atoms in total. The number of halogens is 2. The first-order chi connectivity index (χ1) is 10.3. The molecular formula is C18H35Cl2Si. The smallest absolute Gasteiger partial charge is 0.105 e. The molecule has 3 heteroatoms. The van der Waals surface area contributed by atoms with Gasteiger partial charge in [-0.15, -0.1) is 23.2 Å². The van der Waals surface area contributed by atoms with Crippen LogP contribution in [0.1, 0.15) is 103 Å². The summed E-state index contributed by atoms with van der Waals surface area (Å²) >= 11 is 11.4. The summed E-state index contributed by atoms with van der Waals surface area (Å²) in [5.74, 6) is 0. The third kappa shape index (κ3) is 20.8. The average molecular weight is 350 g/mol. The van der Waals surface area contributed by atoms with Crippen molar-refractivity contribution in [1.82, 2.24) is 0 Å². The highest BCUT2D eigenvalue weighted by Crippen LogP contribution is 2.16. The van der Waals surface area contributed by atoms with Crippen LogP contribution in [0.15, 0.2) is 0 Å². The predicted octanol–water partition coefficient (Wildman–Crippen LogP) is 7.62. The molecule has 0 aromatic carbocycles. The minimum Gasteiger partial charge on any atom is -0.105 e. The van der Waals surface area contributed by atoms with Gasteiger partial charge in [0.25, 0.3) is 0 Å². The van der Waals surface area contributed by atoms with Crippen molar-refractivity contribution >= 4 is 33.4 Å². The molecule has 0 aromatic rings. The lowest BCUT2D eigenvalue weighted by Crippen LogP contribution is -1.87. The van der Waals surface area contributed by atoms with Gasteiger partial charge in [-0.3, -0.25) is 0 Å². The first kappa shape index (κ1) is 21.8. The van der Waals surface area contributed by atoms with Crippen LogP contribution < -0.4 is 0 Å². The predicted molar refractivity (Wildman–Crippen MR) is 99.9 cm³/mol. The first-order valence-electron chi connectivity index (χ1n) is 9.20. The topological polar surface area (TPSA) is 0 Å². The van der Waals surface area contributed by atoms with Crippen molar-refractivity contribution in [3.8, 4) is 0 Å². The number of unbranched alkanes of at least 4 members (excludes halogenated alkanes) is 14. The fourth-order valence-electron chi connectivity index (χ4n) is 2.72. The van der Waals surface area contributed by atoms with E-state index in [4.69, 9.17) is 23.2 Å². The number of hydrogen-bond acceptors (Lipinski definition) is 0. The second kappa shape index (κ2) is 18.8. The number of alkyl halides is 2. The monoisotopic (exact) mass is 349 g/mol. The van der Waals surface area contributed by atoms with Crippen LogP contribution in [-0.2, 0) is 0 Å². The van der Waals surface area contributed by atoms with Crippen molar-refractivity contribution in [3.63, 3.8) is 0 Å². The molecule has 3 radical (unpaired) electrons. The van der Waals surface area contributed by atoms with Gasteiger partial charge in [-0.25, -0.2) is 0 Å². The Morgan fingerprint density at radius 3 is 1.05 bits per heavy atom. The van der Waals surface area contributed by atoms with Crippen LogP contribution in [0, 0.1) is 0 Å². The summed E-state index contributed by atoms with van der Waals surface area (Å²) in [5, 5.41) is 0. The Labute approximate surface area is 147 Å². The third-order valence-corrected chi connectivity index (χ3v) is 4.89. The highest BCUT2D eigenvalue weighted by molar-refractivity contribution is 6.44. The van der Waals surface area contributed by atoms with E-state index in [1.165, 1.54) is 102 Å². The molecule has 0 atom stereocenters. The van der Waals surface area contributed by atoms with E-state index in [1.54, 1.807) is 0 Å². The van der Waals surface area contributed by atoms with Crippen molar-refractivity contribution in [3.05, 3.63) is 0 Å². The number of rotatable bonds is 17. The molecule has 0 fully saturated rings. The summed E-state index contributed by atoms with van der Waals surface area (Å²) in [7, 11) is 3.53. The molecular weight excluding hydrogens is 315 g/mol. The minimum absolute atomic E-state index is 0.158. The van der Waals surface area contributed by atoms with Crippen molar-refractivity contribution in [2.24, 2.45) is 0 Å². The van der Waals surface area contributed by atoms with Gasteiger partial charge in [0.2, 0.25) is 0 Å². The van der Waals surface area contributed by atoms with Crippen LogP contribution in [-0.4, -0.2) is 15.1 Å². The molecule has 0 unspecified atom stereocenters. The molecule has 0 saturated carbocycles. The second-order valence-corrected chi connectivity index (χ2v) is 8.01. The molecule has 0 aromatic heterocycles. The summed E-state index contributed by atoms with van der Waals surface area (Å²) in [6.07, 6.45) is 21.9. The fraction of sp³-hybridized carbons (Fsp3) is 1.00. The van der Waals surface area contributed by atoms with E-state index in [0.29, 0.717) is 0 Å². The molecule has 0 aliphatic heterocycles. The zero-order valence-corrected chi connectivity index (χ0v) is 16.4. The highest BCUT2D eigenvalue weighted by Gasteiger charge is 1.98. The Hall–Kier alpha value is 0.797. The largest absolute Gasteiger partial charge is 0.107 e.